The van der Waals surface area contributed by atoms with Crippen LogP contribution in [0.25, 0.3) is 0 Å². The zero-order valence-corrected chi connectivity index (χ0v) is 14.3. The molecule has 1 aromatic heterocycles. The summed E-state index contributed by atoms with van der Waals surface area (Å²) in [7, 11) is -3.27. The van der Waals surface area contributed by atoms with E-state index in [1.165, 1.54) is 51.3 Å². The van der Waals surface area contributed by atoms with Gasteiger partial charge in [-0.05, 0) is 19.4 Å². The number of nitrogens with two attached hydrogens (primary N) is 1. The average molecular weight is 330 g/mol. The molecule has 0 spiro atoms. The molecule has 0 amide bonds. The SMILES string of the molecule is NCCCCCCCCCCCCCS(=O)(=O)c1ncn[nH]1. The highest BCUT2D eigenvalue weighted by Gasteiger charge is 2.16. The normalized spacial score (nSPS) is 11.9. The molecule has 0 unspecified atom stereocenters. The third kappa shape index (κ3) is 8.48. The number of sulfone groups is 1. The number of hydrogen-bond donors (Lipinski definition) is 2. The van der Waals surface area contributed by atoms with Gasteiger partial charge in [-0.3, -0.25) is 5.10 Å². The van der Waals surface area contributed by atoms with Gasteiger partial charge in [-0.25, -0.2) is 13.4 Å². The van der Waals surface area contributed by atoms with Gasteiger partial charge in [0.15, 0.2) is 0 Å². The highest BCUT2D eigenvalue weighted by molar-refractivity contribution is 7.91. The molecule has 3 N–H and O–H groups in total. The van der Waals surface area contributed by atoms with Gasteiger partial charge in [0.05, 0.1) is 5.75 Å². The minimum atomic E-state index is -3.27. The number of aromatic nitrogens is 3. The van der Waals surface area contributed by atoms with Gasteiger partial charge < -0.3 is 5.73 Å². The summed E-state index contributed by atoms with van der Waals surface area (Å²) in [6, 6.07) is 0. The standard InChI is InChI=1S/C15H30N4O2S/c16-12-10-8-6-4-2-1-3-5-7-9-11-13-22(20,21)15-17-14-18-19-15/h14H,1-13,16H2,(H,17,18,19). The van der Waals surface area contributed by atoms with E-state index in [9.17, 15) is 8.42 Å². The summed E-state index contributed by atoms with van der Waals surface area (Å²) in [5.74, 6) is 0.156. The molecule has 0 radical (unpaired) electrons. The van der Waals surface area contributed by atoms with Crippen molar-refractivity contribution in [2.24, 2.45) is 5.73 Å². The summed E-state index contributed by atoms with van der Waals surface area (Å²) in [5, 5.41) is 5.98. The van der Waals surface area contributed by atoms with E-state index in [0.29, 0.717) is 6.42 Å². The molecule has 1 aromatic rings. The van der Waals surface area contributed by atoms with Crippen LogP contribution in [0.15, 0.2) is 11.5 Å². The molecule has 22 heavy (non-hydrogen) atoms. The van der Waals surface area contributed by atoms with Crippen molar-refractivity contribution in [3.05, 3.63) is 6.33 Å². The van der Waals surface area contributed by atoms with Crippen LogP contribution in [0.3, 0.4) is 0 Å². The van der Waals surface area contributed by atoms with E-state index in [-0.39, 0.29) is 10.9 Å². The van der Waals surface area contributed by atoms with Crippen molar-refractivity contribution >= 4 is 9.84 Å². The molecule has 0 aliphatic rings. The second-order valence-electron chi connectivity index (χ2n) is 5.79. The lowest BCUT2D eigenvalue weighted by atomic mass is 10.1. The van der Waals surface area contributed by atoms with Gasteiger partial charge in [-0.1, -0.05) is 57.8 Å². The molecule has 0 saturated carbocycles. The van der Waals surface area contributed by atoms with Crippen molar-refractivity contribution < 1.29 is 8.42 Å². The molecule has 1 heterocycles. The molecular formula is C15H30N4O2S. The molecule has 128 valence electrons. The lowest BCUT2D eigenvalue weighted by molar-refractivity contribution is 0.547. The number of hydrogen-bond acceptors (Lipinski definition) is 5. The predicted octanol–water partition coefficient (Wildman–Crippen LogP) is 2.83. The number of H-pyrrole nitrogens is 1. The summed E-state index contributed by atoms with van der Waals surface area (Å²) in [6.07, 6.45) is 14.1. The summed E-state index contributed by atoms with van der Waals surface area (Å²) in [4.78, 5) is 3.70. The third-order valence-electron chi connectivity index (χ3n) is 3.80. The highest BCUT2D eigenvalue weighted by atomic mass is 32.2. The van der Waals surface area contributed by atoms with Crippen LogP contribution in [0, 0.1) is 0 Å². The van der Waals surface area contributed by atoms with Crippen LogP contribution in [-0.4, -0.2) is 35.9 Å². The monoisotopic (exact) mass is 330 g/mol. The van der Waals surface area contributed by atoms with Crippen molar-refractivity contribution in [1.82, 2.24) is 15.2 Å². The van der Waals surface area contributed by atoms with Gasteiger partial charge in [0.2, 0.25) is 15.0 Å². The van der Waals surface area contributed by atoms with Crippen molar-refractivity contribution in [3.8, 4) is 0 Å². The van der Waals surface area contributed by atoms with Crippen molar-refractivity contribution in [2.45, 2.75) is 75.8 Å². The Bertz CT molecular complexity index is 460. The molecule has 6 nitrogen and oxygen atoms in total. The first-order valence-electron chi connectivity index (χ1n) is 8.45. The highest BCUT2D eigenvalue weighted by Crippen LogP contribution is 2.12. The lowest BCUT2D eigenvalue weighted by Gasteiger charge is -2.03. The molecule has 0 aliphatic heterocycles. The molecule has 0 bridgehead atoms. The van der Waals surface area contributed by atoms with Gasteiger partial charge in [0.25, 0.3) is 0 Å². The number of nitrogens with zero attached hydrogens (tertiary/aromatic N) is 2. The van der Waals surface area contributed by atoms with Crippen LogP contribution in [0.5, 0.6) is 0 Å². The molecule has 0 aliphatic carbocycles. The molecule has 0 atom stereocenters. The van der Waals surface area contributed by atoms with Crippen LogP contribution in [-0.2, 0) is 9.84 Å². The van der Waals surface area contributed by atoms with Gasteiger partial charge >= 0.3 is 0 Å². The van der Waals surface area contributed by atoms with Gasteiger partial charge in [-0.15, -0.1) is 0 Å². The minimum Gasteiger partial charge on any atom is -0.330 e. The number of rotatable bonds is 14. The third-order valence-corrected chi connectivity index (χ3v) is 5.42. The molecule has 0 saturated heterocycles. The van der Waals surface area contributed by atoms with Crippen molar-refractivity contribution in [2.75, 3.05) is 12.3 Å². The lowest BCUT2D eigenvalue weighted by Crippen LogP contribution is -2.08. The van der Waals surface area contributed by atoms with E-state index in [0.717, 1.165) is 25.8 Å². The first kappa shape index (κ1) is 19.1. The maximum atomic E-state index is 11.8. The Morgan fingerprint density at radius 1 is 0.864 bits per heavy atom. The summed E-state index contributed by atoms with van der Waals surface area (Å²) < 4.78 is 23.7. The fourth-order valence-corrected chi connectivity index (χ4v) is 3.65. The van der Waals surface area contributed by atoms with Crippen LogP contribution in [0.2, 0.25) is 0 Å². The van der Waals surface area contributed by atoms with Crippen LogP contribution >= 0.6 is 0 Å². The summed E-state index contributed by atoms with van der Waals surface area (Å²) >= 11 is 0. The molecule has 7 heteroatoms. The fourth-order valence-electron chi connectivity index (χ4n) is 2.47. The van der Waals surface area contributed by atoms with Gasteiger partial charge in [0.1, 0.15) is 6.33 Å². The summed E-state index contributed by atoms with van der Waals surface area (Å²) in [6.45, 7) is 0.812. The van der Waals surface area contributed by atoms with E-state index >= 15 is 0 Å². The van der Waals surface area contributed by atoms with Gasteiger partial charge in [-0.2, -0.15) is 5.10 Å². The number of nitrogens with one attached hydrogen (secondary N) is 1. The smallest absolute Gasteiger partial charge is 0.242 e. The zero-order chi connectivity index (χ0) is 16.1. The molecule has 1 rings (SSSR count). The summed E-state index contributed by atoms with van der Waals surface area (Å²) in [5.41, 5.74) is 5.46. The van der Waals surface area contributed by atoms with Crippen molar-refractivity contribution in [3.63, 3.8) is 0 Å². The first-order valence-corrected chi connectivity index (χ1v) is 10.1. The maximum absolute atomic E-state index is 11.8. The Hall–Kier alpha value is -0.950. The van der Waals surface area contributed by atoms with E-state index in [4.69, 9.17) is 5.73 Å². The van der Waals surface area contributed by atoms with Crippen LogP contribution in [0.1, 0.15) is 70.6 Å². The topological polar surface area (TPSA) is 102 Å². The van der Waals surface area contributed by atoms with Crippen LogP contribution in [0.4, 0.5) is 0 Å². The first-order chi connectivity index (χ1) is 10.7. The Balaban J connectivity index is 1.90. The molecule has 0 fully saturated rings. The molecular weight excluding hydrogens is 300 g/mol. The number of unbranched alkanes of at least 4 members (excludes halogenated alkanes) is 10. The second kappa shape index (κ2) is 11.6. The minimum absolute atomic E-state index is 0.0119. The maximum Gasteiger partial charge on any atom is 0.242 e. The quantitative estimate of drug-likeness (QED) is 0.511. The average Bonchev–Trinajstić information content (AvgIpc) is 3.03. The van der Waals surface area contributed by atoms with E-state index in [1.807, 2.05) is 0 Å². The Morgan fingerprint density at radius 3 is 1.82 bits per heavy atom. The fraction of sp³-hybridized carbons (Fsp3) is 0.867. The Morgan fingerprint density at radius 2 is 1.36 bits per heavy atom. The second-order valence-corrected chi connectivity index (χ2v) is 7.81. The van der Waals surface area contributed by atoms with Gasteiger partial charge in [0, 0.05) is 0 Å². The van der Waals surface area contributed by atoms with E-state index in [1.54, 1.807) is 0 Å². The van der Waals surface area contributed by atoms with E-state index < -0.39 is 9.84 Å². The predicted molar refractivity (Wildman–Crippen MR) is 88.3 cm³/mol. The van der Waals surface area contributed by atoms with Crippen LogP contribution < -0.4 is 5.73 Å². The Kier molecular flexibility index (Phi) is 10.1. The largest absolute Gasteiger partial charge is 0.330 e. The molecule has 0 aromatic carbocycles. The Labute approximate surface area is 134 Å². The van der Waals surface area contributed by atoms with E-state index in [2.05, 4.69) is 15.2 Å². The number of aromatic amines is 1. The van der Waals surface area contributed by atoms with Crippen molar-refractivity contribution in [1.29, 1.82) is 0 Å². The zero-order valence-electron chi connectivity index (χ0n) is 13.5.